The molecule has 0 aliphatic carbocycles. The van der Waals surface area contributed by atoms with Gasteiger partial charge in [0, 0.05) is 15.7 Å². The summed E-state index contributed by atoms with van der Waals surface area (Å²) in [5.74, 6) is -0.887. The van der Waals surface area contributed by atoms with Crippen molar-refractivity contribution in [1.29, 1.82) is 5.26 Å². The van der Waals surface area contributed by atoms with E-state index in [1.54, 1.807) is 31.2 Å². The van der Waals surface area contributed by atoms with Crippen molar-refractivity contribution < 1.29 is 9.18 Å². The van der Waals surface area contributed by atoms with E-state index >= 15 is 0 Å². The number of rotatable bonds is 2. The highest BCUT2D eigenvalue weighted by atomic mass is 79.9. The quantitative estimate of drug-likeness (QED) is 0.902. The molecular formula is C15H10BrFN2O. The molecule has 1 amide bonds. The second kappa shape index (κ2) is 5.85. The van der Waals surface area contributed by atoms with Crippen LogP contribution < -0.4 is 5.32 Å². The third-order valence-corrected chi connectivity index (χ3v) is 3.53. The van der Waals surface area contributed by atoms with E-state index in [2.05, 4.69) is 21.2 Å². The van der Waals surface area contributed by atoms with E-state index in [1.807, 2.05) is 6.07 Å². The zero-order chi connectivity index (χ0) is 14.7. The Morgan fingerprint density at radius 1 is 1.35 bits per heavy atom. The molecular weight excluding hydrogens is 323 g/mol. The highest BCUT2D eigenvalue weighted by molar-refractivity contribution is 9.10. The van der Waals surface area contributed by atoms with E-state index in [-0.39, 0.29) is 11.5 Å². The van der Waals surface area contributed by atoms with Gasteiger partial charge in [-0.3, -0.25) is 4.79 Å². The molecule has 0 aliphatic heterocycles. The lowest BCUT2D eigenvalue weighted by Crippen LogP contribution is -2.14. The van der Waals surface area contributed by atoms with E-state index in [9.17, 15) is 9.18 Å². The molecule has 0 radical (unpaired) electrons. The van der Waals surface area contributed by atoms with Crippen molar-refractivity contribution in [3.05, 3.63) is 63.4 Å². The summed E-state index contributed by atoms with van der Waals surface area (Å²) in [4.78, 5) is 12.2. The average Bonchev–Trinajstić information content (AvgIpc) is 2.43. The van der Waals surface area contributed by atoms with Gasteiger partial charge in [0.15, 0.2) is 0 Å². The van der Waals surface area contributed by atoms with Gasteiger partial charge in [-0.05, 0) is 47.1 Å². The van der Waals surface area contributed by atoms with Gasteiger partial charge in [0.1, 0.15) is 5.82 Å². The second-order valence-electron chi connectivity index (χ2n) is 4.18. The van der Waals surface area contributed by atoms with Crippen LogP contribution in [0.15, 0.2) is 40.9 Å². The Hall–Kier alpha value is -2.19. The first-order valence-electron chi connectivity index (χ1n) is 5.79. The number of benzene rings is 2. The van der Waals surface area contributed by atoms with E-state index in [0.29, 0.717) is 21.3 Å². The largest absolute Gasteiger partial charge is 0.322 e. The average molecular weight is 333 g/mol. The summed E-state index contributed by atoms with van der Waals surface area (Å²) in [5, 5.41) is 11.5. The molecule has 5 heteroatoms. The minimum absolute atomic E-state index is 0.163. The molecule has 0 heterocycles. The Labute approximate surface area is 124 Å². The van der Waals surface area contributed by atoms with Gasteiger partial charge in [0.05, 0.1) is 17.2 Å². The van der Waals surface area contributed by atoms with Crippen molar-refractivity contribution in [3.8, 4) is 6.07 Å². The van der Waals surface area contributed by atoms with Crippen molar-refractivity contribution in [2.75, 3.05) is 5.32 Å². The lowest BCUT2D eigenvalue weighted by Gasteiger charge is -2.10. The van der Waals surface area contributed by atoms with Gasteiger partial charge in [-0.2, -0.15) is 5.26 Å². The summed E-state index contributed by atoms with van der Waals surface area (Å²) in [5.41, 5.74) is 1.19. The van der Waals surface area contributed by atoms with Crippen LogP contribution in [0.4, 0.5) is 10.1 Å². The number of amides is 1. The fourth-order valence-electron chi connectivity index (χ4n) is 1.71. The van der Waals surface area contributed by atoms with Gasteiger partial charge < -0.3 is 5.32 Å². The molecule has 2 aromatic rings. The Bertz CT molecular complexity index is 722. The molecule has 0 fully saturated rings. The monoisotopic (exact) mass is 332 g/mol. The molecule has 0 aromatic heterocycles. The molecule has 0 atom stereocenters. The highest BCUT2D eigenvalue weighted by Crippen LogP contribution is 2.23. The van der Waals surface area contributed by atoms with Gasteiger partial charge >= 0.3 is 0 Å². The number of hydrogen-bond acceptors (Lipinski definition) is 2. The first kappa shape index (κ1) is 14.2. The predicted molar refractivity (Wildman–Crippen MR) is 77.9 cm³/mol. The summed E-state index contributed by atoms with van der Waals surface area (Å²) < 4.78 is 14.3. The Morgan fingerprint density at radius 2 is 2.05 bits per heavy atom. The third kappa shape index (κ3) is 2.86. The first-order chi connectivity index (χ1) is 9.52. The van der Waals surface area contributed by atoms with Crippen LogP contribution in [-0.4, -0.2) is 5.91 Å². The maximum Gasteiger partial charge on any atom is 0.256 e. The summed E-state index contributed by atoms with van der Waals surface area (Å²) in [6.45, 7) is 1.55. The maximum atomic E-state index is 13.6. The van der Waals surface area contributed by atoms with Crippen LogP contribution in [0.25, 0.3) is 0 Å². The highest BCUT2D eigenvalue weighted by Gasteiger charge is 2.13. The number of halogens is 2. The summed E-state index contributed by atoms with van der Waals surface area (Å²) in [6.07, 6.45) is 0. The van der Waals surface area contributed by atoms with Crippen LogP contribution in [0, 0.1) is 24.1 Å². The maximum absolute atomic E-state index is 13.6. The van der Waals surface area contributed by atoms with Gasteiger partial charge in [-0.25, -0.2) is 4.39 Å². The molecule has 0 bridgehead atoms. The number of nitrogens with zero attached hydrogens (tertiary/aromatic N) is 1. The van der Waals surface area contributed by atoms with Crippen LogP contribution in [0.5, 0.6) is 0 Å². The van der Waals surface area contributed by atoms with Crippen molar-refractivity contribution >= 4 is 27.5 Å². The standard InChI is InChI=1S/C15H10BrFN2O/c1-9-13(17)6-10(8-18)7-14(9)19-15(20)11-4-2-3-5-12(11)16/h2-7H,1H3,(H,19,20). The van der Waals surface area contributed by atoms with E-state index < -0.39 is 5.82 Å². The lowest BCUT2D eigenvalue weighted by atomic mass is 10.1. The molecule has 1 N–H and O–H groups in total. The van der Waals surface area contributed by atoms with Crippen molar-refractivity contribution in [1.82, 2.24) is 0 Å². The molecule has 0 spiro atoms. The minimum atomic E-state index is -0.522. The first-order valence-corrected chi connectivity index (χ1v) is 6.58. The molecule has 2 rings (SSSR count). The molecule has 0 saturated carbocycles. The van der Waals surface area contributed by atoms with Crippen LogP contribution in [-0.2, 0) is 0 Å². The molecule has 0 unspecified atom stereocenters. The molecule has 0 saturated heterocycles. The number of anilines is 1. The van der Waals surface area contributed by atoms with E-state index in [1.165, 1.54) is 6.07 Å². The summed E-state index contributed by atoms with van der Waals surface area (Å²) in [7, 11) is 0. The fourth-order valence-corrected chi connectivity index (χ4v) is 2.17. The second-order valence-corrected chi connectivity index (χ2v) is 5.03. The lowest BCUT2D eigenvalue weighted by molar-refractivity contribution is 0.102. The number of nitrogens with one attached hydrogen (secondary N) is 1. The summed E-state index contributed by atoms with van der Waals surface area (Å²) in [6, 6.07) is 11.4. The number of carbonyl (C=O) groups is 1. The zero-order valence-corrected chi connectivity index (χ0v) is 12.2. The van der Waals surface area contributed by atoms with Crippen LogP contribution in [0.2, 0.25) is 0 Å². The van der Waals surface area contributed by atoms with Crippen molar-refractivity contribution in [2.24, 2.45) is 0 Å². The van der Waals surface area contributed by atoms with Gasteiger partial charge in [-0.1, -0.05) is 12.1 Å². The van der Waals surface area contributed by atoms with E-state index in [0.717, 1.165) is 6.07 Å². The summed E-state index contributed by atoms with van der Waals surface area (Å²) >= 11 is 3.28. The normalized spacial score (nSPS) is 9.90. The number of carbonyl (C=O) groups excluding carboxylic acids is 1. The Kier molecular flexibility index (Phi) is 4.16. The third-order valence-electron chi connectivity index (χ3n) is 2.84. The van der Waals surface area contributed by atoms with Gasteiger partial charge in [0.2, 0.25) is 0 Å². The minimum Gasteiger partial charge on any atom is -0.322 e. The van der Waals surface area contributed by atoms with Crippen LogP contribution >= 0.6 is 15.9 Å². The SMILES string of the molecule is Cc1c(F)cc(C#N)cc1NC(=O)c1ccccc1Br. The Balaban J connectivity index is 2.36. The fraction of sp³-hybridized carbons (Fsp3) is 0.0667. The predicted octanol–water partition coefficient (Wildman–Crippen LogP) is 4.02. The molecule has 100 valence electrons. The molecule has 0 aliphatic rings. The van der Waals surface area contributed by atoms with E-state index in [4.69, 9.17) is 5.26 Å². The van der Waals surface area contributed by atoms with Crippen LogP contribution in [0.3, 0.4) is 0 Å². The molecule has 2 aromatic carbocycles. The molecule has 3 nitrogen and oxygen atoms in total. The van der Waals surface area contributed by atoms with Gasteiger partial charge in [0.25, 0.3) is 5.91 Å². The Morgan fingerprint density at radius 3 is 2.70 bits per heavy atom. The number of nitriles is 1. The van der Waals surface area contributed by atoms with Crippen molar-refractivity contribution in [2.45, 2.75) is 6.92 Å². The number of hydrogen-bond donors (Lipinski definition) is 1. The van der Waals surface area contributed by atoms with Crippen molar-refractivity contribution in [3.63, 3.8) is 0 Å². The molecule has 20 heavy (non-hydrogen) atoms. The smallest absolute Gasteiger partial charge is 0.256 e. The van der Waals surface area contributed by atoms with Gasteiger partial charge in [-0.15, -0.1) is 0 Å². The zero-order valence-electron chi connectivity index (χ0n) is 10.6. The topological polar surface area (TPSA) is 52.9 Å². The van der Waals surface area contributed by atoms with Crippen LogP contribution in [0.1, 0.15) is 21.5 Å².